The molecule has 1 aromatic heterocycles. The standard InChI is InChI=1S/C24H21F3N2O4S/c1-29-21(19-5-4-10-34-19)20(15-11-17(32-2)18(33-3)12-16(15)23(29)31)22(30)28-14-8-6-13(7-9-14)24(25,26)27/h4-12,20-21H,1-3H3,(H,28,30)/t20-,21-/m0/s1. The van der Waals surface area contributed by atoms with Crippen LogP contribution in [0.5, 0.6) is 11.5 Å². The number of likely N-dealkylation sites (N-methyl/N-ethyl adjacent to an activating group) is 1. The van der Waals surface area contributed by atoms with Crippen LogP contribution in [0.2, 0.25) is 0 Å². The molecule has 0 unspecified atom stereocenters. The van der Waals surface area contributed by atoms with Gasteiger partial charge in [0, 0.05) is 23.2 Å². The summed E-state index contributed by atoms with van der Waals surface area (Å²) in [7, 11) is 4.52. The second-order valence-corrected chi connectivity index (χ2v) is 8.69. The number of thiophene rings is 1. The number of nitrogens with one attached hydrogen (secondary N) is 1. The molecule has 2 atom stereocenters. The Kier molecular flexibility index (Phi) is 6.26. The third-order valence-corrected chi connectivity index (χ3v) is 6.71. The Morgan fingerprint density at radius 2 is 1.71 bits per heavy atom. The van der Waals surface area contributed by atoms with E-state index < -0.39 is 29.6 Å². The molecule has 6 nitrogen and oxygen atoms in total. The largest absolute Gasteiger partial charge is 0.493 e. The highest BCUT2D eigenvalue weighted by atomic mass is 32.1. The number of fused-ring (bicyclic) bond motifs is 1. The van der Waals surface area contributed by atoms with Crippen molar-refractivity contribution < 1.29 is 32.2 Å². The Balaban J connectivity index is 1.79. The van der Waals surface area contributed by atoms with Gasteiger partial charge in [0.15, 0.2) is 11.5 Å². The summed E-state index contributed by atoms with van der Waals surface area (Å²) in [5.74, 6) is -0.896. The van der Waals surface area contributed by atoms with Gasteiger partial charge in [0.25, 0.3) is 5.91 Å². The van der Waals surface area contributed by atoms with Crippen LogP contribution in [0.1, 0.15) is 38.3 Å². The molecule has 2 aromatic carbocycles. The van der Waals surface area contributed by atoms with E-state index in [1.807, 2.05) is 17.5 Å². The van der Waals surface area contributed by atoms with E-state index in [2.05, 4.69) is 5.32 Å². The maximum absolute atomic E-state index is 13.6. The number of anilines is 1. The number of hydrogen-bond acceptors (Lipinski definition) is 5. The van der Waals surface area contributed by atoms with E-state index in [9.17, 15) is 22.8 Å². The minimum atomic E-state index is -4.48. The van der Waals surface area contributed by atoms with Gasteiger partial charge in [0.2, 0.25) is 5.91 Å². The number of nitrogens with zero attached hydrogens (tertiary/aromatic N) is 1. The number of carbonyl (C=O) groups excluding carboxylic acids is 2. The molecule has 1 N–H and O–H groups in total. The maximum Gasteiger partial charge on any atom is 0.416 e. The van der Waals surface area contributed by atoms with Gasteiger partial charge >= 0.3 is 6.18 Å². The van der Waals surface area contributed by atoms with Crippen LogP contribution in [-0.4, -0.2) is 38.0 Å². The zero-order valence-electron chi connectivity index (χ0n) is 18.5. The lowest BCUT2D eigenvalue weighted by Gasteiger charge is -2.39. The molecule has 0 spiro atoms. The number of alkyl halides is 3. The number of ether oxygens (including phenoxy) is 2. The van der Waals surface area contributed by atoms with Crippen molar-refractivity contribution in [1.82, 2.24) is 4.90 Å². The Hall–Kier alpha value is -3.53. The van der Waals surface area contributed by atoms with Gasteiger partial charge in [-0.1, -0.05) is 6.07 Å². The first-order chi connectivity index (χ1) is 16.2. The average Bonchev–Trinajstić information content (AvgIpc) is 3.34. The van der Waals surface area contributed by atoms with Gasteiger partial charge in [-0.05, 0) is 53.4 Å². The number of carbonyl (C=O) groups is 2. The van der Waals surface area contributed by atoms with E-state index in [-0.39, 0.29) is 11.6 Å². The highest BCUT2D eigenvalue weighted by Crippen LogP contribution is 2.47. The van der Waals surface area contributed by atoms with E-state index >= 15 is 0 Å². The van der Waals surface area contributed by atoms with Crippen molar-refractivity contribution in [3.63, 3.8) is 0 Å². The first-order valence-corrected chi connectivity index (χ1v) is 11.1. The van der Waals surface area contributed by atoms with E-state index in [1.54, 1.807) is 13.1 Å². The molecule has 0 fully saturated rings. The molecule has 0 saturated carbocycles. The zero-order valence-corrected chi connectivity index (χ0v) is 19.3. The van der Waals surface area contributed by atoms with Gasteiger partial charge in [-0.2, -0.15) is 13.2 Å². The van der Waals surface area contributed by atoms with Gasteiger partial charge in [-0.3, -0.25) is 9.59 Å². The molecule has 2 heterocycles. The Bertz CT molecular complexity index is 1210. The quantitative estimate of drug-likeness (QED) is 0.525. The first-order valence-electron chi connectivity index (χ1n) is 10.2. The Labute approximate surface area is 197 Å². The third-order valence-electron chi connectivity index (χ3n) is 5.77. The molecule has 0 saturated heterocycles. The summed E-state index contributed by atoms with van der Waals surface area (Å²) < 4.78 is 49.5. The van der Waals surface area contributed by atoms with Crippen LogP contribution in [0.25, 0.3) is 0 Å². The van der Waals surface area contributed by atoms with Crippen molar-refractivity contribution in [2.75, 3.05) is 26.6 Å². The molecular formula is C24H21F3N2O4S. The van der Waals surface area contributed by atoms with Gasteiger partial charge < -0.3 is 19.7 Å². The lowest BCUT2D eigenvalue weighted by atomic mass is 9.81. The van der Waals surface area contributed by atoms with Crippen LogP contribution in [0.15, 0.2) is 53.9 Å². The summed E-state index contributed by atoms with van der Waals surface area (Å²) in [6.07, 6.45) is -4.48. The van der Waals surface area contributed by atoms with E-state index in [1.165, 1.54) is 48.7 Å². The number of halogens is 3. The topological polar surface area (TPSA) is 67.9 Å². The number of amides is 2. The SMILES string of the molecule is COc1cc2c(cc1OC)[C@H](C(=O)Nc1ccc(C(F)(F)F)cc1)[C@H](c1cccs1)N(C)C2=O. The highest BCUT2D eigenvalue weighted by molar-refractivity contribution is 7.10. The fraction of sp³-hybridized carbons (Fsp3) is 0.250. The minimum Gasteiger partial charge on any atom is -0.493 e. The van der Waals surface area contributed by atoms with Gasteiger partial charge in [-0.15, -0.1) is 11.3 Å². The van der Waals surface area contributed by atoms with Crippen LogP contribution in [0.3, 0.4) is 0 Å². The predicted molar refractivity (Wildman–Crippen MR) is 122 cm³/mol. The van der Waals surface area contributed by atoms with E-state index in [0.29, 0.717) is 22.6 Å². The lowest BCUT2D eigenvalue weighted by Crippen LogP contribution is -2.43. The monoisotopic (exact) mass is 490 g/mol. The third kappa shape index (κ3) is 4.21. The normalized spacial score (nSPS) is 17.8. The minimum absolute atomic E-state index is 0.213. The molecule has 1 aliphatic rings. The fourth-order valence-electron chi connectivity index (χ4n) is 4.11. The van der Waals surface area contributed by atoms with Crippen molar-refractivity contribution in [2.24, 2.45) is 0 Å². The molecule has 1 aliphatic heterocycles. The zero-order chi connectivity index (χ0) is 24.6. The van der Waals surface area contributed by atoms with E-state index in [0.717, 1.165) is 17.0 Å². The van der Waals surface area contributed by atoms with Crippen molar-refractivity contribution in [1.29, 1.82) is 0 Å². The Morgan fingerprint density at radius 3 is 2.26 bits per heavy atom. The van der Waals surface area contributed by atoms with Crippen LogP contribution < -0.4 is 14.8 Å². The number of hydrogen-bond donors (Lipinski definition) is 1. The average molecular weight is 491 g/mol. The molecule has 2 amide bonds. The molecule has 4 rings (SSSR count). The smallest absolute Gasteiger partial charge is 0.416 e. The molecule has 3 aromatic rings. The van der Waals surface area contributed by atoms with Crippen LogP contribution in [-0.2, 0) is 11.0 Å². The number of benzene rings is 2. The number of rotatable bonds is 5. The van der Waals surface area contributed by atoms with Crippen LogP contribution in [0.4, 0.5) is 18.9 Å². The Morgan fingerprint density at radius 1 is 1.06 bits per heavy atom. The lowest BCUT2D eigenvalue weighted by molar-refractivity contribution is -0.137. The van der Waals surface area contributed by atoms with E-state index in [4.69, 9.17) is 9.47 Å². The van der Waals surface area contributed by atoms with Gasteiger partial charge in [0.05, 0.1) is 31.7 Å². The molecule has 0 radical (unpaired) electrons. The summed E-state index contributed by atoms with van der Waals surface area (Å²) in [5, 5.41) is 4.56. The second-order valence-electron chi connectivity index (χ2n) is 7.71. The predicted octanol–water partition coefficient (Wildman–Crippen LogP) is 5.33. The maximum atomic E-state index is 13.6. The fourth-order valence-corrected chi connectivity index (χ4v) is 5.01. The van der Waals surface area contributed by atoms with Crippen molar-refractivity contribution in [2.45, 2.75) is 18.1 Å². The molecule has 0 aliphatic carbocycles. The molecule has 34 heavy (non-hydrogen) atoms. The summed E-state index contributed by atoms with van der Waals surface area (Å²) >= 11 is 1.40. The van der Waals surface area contributed by atoms with Crippen LogP contribution in [0, 0.1) is 0 Å². The second kappa shape index (κ2) is 9.02. The highest BCUT2D eigenvalue weighted by Gasteiger charge is 2.44. The molecule has 178 valence electrons. The number of methoxy groups -OCH3 is 2. The van der Waals surface area contributed by atoms with Gasteiger partial charge in [0.1, 0.15) is 0 Å². The van der Waals surface area contributed by atoms with Gasteiger partial charge in [-0.25, -0.2) is 0 Å². The summed E-state index contributed by atoms with van der Waals surface area (Å²) in [6, 6.07) is 10.4. The summed E-state index contributed by atoms with van der Waals surface area (Å²) in [4.78, 5) is 29.1. The van der Waals surface area contributed by atoms with Crippen molar-refractivity contribution in [3.05, 3.63) is 75.5 Å². The summed E-state index contributed by atoms with van der Waals surface area (Å²) in [6.45, 7) is 0. The molecule has 0 bridgehead atoms. The van der Waals surface area contributed by atoms with Crippen LogP contribution >= 0.6 is 11.3 Å². The summed E-state index contributed by atoms with van der Waals surface area (Å²) in [5.41, 5.74) is 0.140. The first kappa shape index (κ1) is 23.6. The van der Waals surface area contributed by atoms with Crippen molar-refractivity contribution >= 4 is 28.8 Å². The van der Waals surface area contributed by atoms with Crippen molar-refractivity contribution in [3.8, 4) is 11.5 Å². The molecular weight excluding hydrogens is 469 g/mol. The molecule has 10 heteroatoms.